The van der Waals surface area contributed by atoms with Crippen LogP contribution in [0.3, 0.4) is 0 Å². The first-order valence-corrected chi connectivity index (χ1v) is 8.07. The Morgan fingerprint density at radius 1 is 1.07 bits per heavy atom. The van der Waals surface area contributed by atoms with Crippen LogP contribution in [-0.2, 0) is 4.43 Å². The van der Waals surface area contributed by atoms with Gasteiger partial charge >= 0.3 is 6.18 Å². The van der Waals surface area contributed by atoms with Gasteiger partial charge in [0.15, 0.2) is 8.32 Å². The Kier molecular flexibility index (Phi) is 4.86. The van der Waals surface area contributed by atoms with Crippen molar-refractivity contribution in [2.75, 3.05) is 6.61 Å². The van der Waals surface area contributed by atoms with E-state index in [1.54, 1.807) is 0 Å². The van der Waals surface area contributed by atoms with Gasteiger partial charge in [0.2, 0.25) is 0 Å². The van der Waals surface area contributed by atoms with Gasteiger partial charge in [0.05, 0.1) is 0 Å². The summed E-state index contributed by atoms with van der Waals surface area (Å²) in [4.78, 5) is 0. The molecule has 0 atom stereocenters. The van der Waals surface area contributed by atoms with Crippen molar-refractivity contribution in [2.45, 2.75) is 57.9 Å². The van der Waals surface area contributed by atoms with Crippen molar-refractivity contribution < 1.29 is 17.6 Å². The fourth-order valence-electron chi connectivity index (χ4n) is 0.816. The fourth-order valence-corrected chi connectivity index (χ4v) is 1.90. The minimum Gasteiger partial charge on any atom is -0.417 e. The summed E-state index contributed by atoms with van der Waals surface area (Å²) in [6, 6.07) is 0. The molecule has 0 aliphatic carbocycles. The molecule has 0 aromatic rings. The number of hydrogen-bond donors (Lipinski definition) is 0. The van der Waals surface area contributed by atoms with E-state index in [0.717, 1.165) is 0 Å². The molecule has 0 saturated carbocycles. The van der Waals surface area contributed by atoms with Crippen molar-refractivity contribution in [3.05, 3.63) is 0 Å². The zero-order chi connectivity index (χ0) is 12.3. The first kappa shape index (κ1) is 15.0. The standard InChI is InChI=1S/C10H21F3OSi/c1-9(2,3)15(4,5)14-8-6-7-10(11,12)13/h6-8H2,1-5H3. The van der Waals surface area contributed by atoms with E-state index in [1.165, 1.54) is 0 Å². The van der Waals surface area contributed by atoms with Crippen LogP contribution in [0.5, 0.6) is 0 Å². The van der Waals surface area contributed by atoms with Crippen molar-refractivity contribution in [3.8, 4) is 0 Å². The molecule has 0 fully saturated rings. The molecule has 0 aliphatic heterocycles. The van der Waals surface area contributed by atoms with Crippen LogP contribution in [0.1, 0.15) is 33.6 Å². The first-order valence-electron chi connectivity index (χ1n) is 5.16. The van der Waals surface area contributed by atoms with Gasteiger partial charge in [-0.3, -0.25) is 0 Å². The highest BCUT2D eigenvalue weighted by molar-refractivity contribution is 6.74. The van der Waals surface area contributed by atoms with Gasteiger partial charge in [-0.05, 0) is 24.6 Å². The molecule has 0 radical (unpaired) electrons. The second kappa shape index (κ2) is 4.87. The molecular weight excluding hydrogens is 221 g/mol. The van der Waals surface area contributed by atoms with E-state index in [2.05, 4.69) is 20.8 Å². The Bertz CT molecular complexity index is 194. The largest absolute Gasteiger partial charge is 0.417 e. The van der Waals surface area contributed by atoms with Gasteiger partial charge in [-0.25, -0.2) is 0 Å². The summed E-state index contributed by atoms with van der Waals surface area (Å²) in [5.41, 5.74) is 0. The van der Waals surface area contributed by atoms with Crippen LogP contribution in [-0.4, -0.2) is 21.1 Å². The van der Waals surface area contributed by atoms with Crippen LogP contribution in [0, 0.1) is 0 Å². The summed E-state index contributed by atoms with van der Waals surface area (Å²) >= 11 is 0. The lowest BCUT2D eigenvalue weighted by Gasteiger charge is -2.36. The van der Waals surface area contributed by atoms with Crippen LogP contribution < -0.4 is 0 Å². The smallest absolute Gasteiger partial charge is 0.389 e. The lowest BCUT2D eigenvalue weighted by atomic mass is 10.2. The SMILES string of the molecule is CC(C)(C)[Si](C)(C)OCCCC(F)(F)F. The lowest BCUT2D eigenvalue weighted by molar-refractivity contribution is -0.136. The van der Waals surface area contributed by atoms with Gasteiger partial charge in [0, 0.05) is 13.0 Å². The summed E-state index contributed by atoms with van der Waals surface area (Å²) in [7, 11) is -1.87. The molecule has 0 aromatic carbocycles. The Labute approximate surface area is 91.1 Å². The van der Waals surface area contributed by atoms with Crippen molar-refractivity contribution in [3.63, 3.8) is 0 Å². The van der Waals surface area contributed by atoms with E-state index in [9.17, 15) is 13.2 Å². The van der Waals surface area contributed by atoms with Crippen molar-refractivity contribution in [1.29, 1.82) is 0 Å². The van der Waals surface area contributed by atoms with E-state index in [0.29, 0.717) is 0 Å². The molecule has 0 N–H and O–H groups in total. The van der Waals surface area contributed by atoms with E-state index in [4.69, 9.17) is 4.43 Å². The maximum Gasteiger partial charge on any atom is 0.389 e. The maximum absolute atomic E-state index is 11.9. The van der Waals surface area contributed by atoms with Crippen molar-refractivity contribution in [2.24, 2.45) is 0 Å². The Morgan fingerprint density at radius 2 is 1.53 bits per heavy atom. The van der Waals surface area contributed by atoms with E-state index >= 15 is 0 Å². The molecule has 92 valence electrons. The summed E-state index contributed by atoms with van der Waals surface area (Å²) in [5.74, 6) is 0. The number of halogens is 3. The first-order chi connectivity index (χ1) is 6.46. The molecule has 0 aromatic heterocycles. The topological polar surface area (TPSA) is 9.23 Å². The van der Waals surface area contributed by atoms with Gasteiger partial charge in [-0.15, -0.1) is 0 Å². The van der Waals surface area contributed by atoms with Crippen LogP contribution in [0.15, 0.2) is 0 Å². The maximum atomic E-state index is 11.9. The summed E-state index contributed by atoms with van der Waals surface area (Å²) in [6.45, 7) is 10.5. The van der Waals surface area contributed by atoms with Gasteiger partial charge in [-0.1, -0.05) is 20.8 Å². The van der Waals surface area contributed by atoms with Gasteiger partial charge in [0.25, 0.3) is 0 Å². The van der Waals surface area contributed by atoms with Gasteiger partial charge in [-0.2, -0.15) is 13.2 Å². The predicted molar refractivity (Wildman–Crippen MR) is 58.4 cm³/mol. The molecule has 0 heterocycles. The molecule has 0 saturated heterocycles. The highest BCUT2D eigenvalue weighted by Crippen LogP contribution is 2.36. The van der Waals surface area contributed by atoms with Gasteiger partial charge < -0.3 is 4.43 Å². The van der Waals surface area contributed by atoms with Crippen LogP contribution in [0.4, 0.5) is 13.2 Å². The number of hydrogen-bond acceptors (Lipinski definition) is 1. The predicted octanol–water partition coefficient (Wildman–Crippen LogP) is 4.35. The molecule has 0 aliphatic rings. The minimum atomic E-state index is -4.06. The zero-order valence-electron chi connectivity index (χ0n) is 10.2. The van der Waals surface area contributed by atoms with E-state index in [-0.39, 0.29) is 18.1 Å². The zero-order valence-corrected chi connectivity index (χ0v) is 11.2. The Morgan fingerprint density at radius 3 is 1.87 bits per heavy atom. The molecule has 5 heteroatoms. The highest BCUT2D eigenvalue weighted by atomic mass is 28.4. The molecule has 0 unspecified atom stereocenters. The highest BCUT2D eigenvalue weighted by Gasteiger charge is 2.37. The average molecular weight is 242 g/mol. The van der Waals surface area contributed by atoms with Gasteiger partial charge in [0.1, 0.15) is 0 Å². The normalized spacial score (nSPS) is 14.4. The number of alkyl halides is 3. The second-order valence-corrected chi connectivity index (χ2v) is 10.1. The summed E-state index contributed by atoms with van der Waals surface area (Å²) in [6.07, 6.45) is -4.74. The summed E-state index contributed by atoms with van der Waals surface area (Å²) in [5, 5.41) is 0.0607. The lowest BCUT2D eigenvalue weighted by Crippen LogP contribution is -2.41. The monoisotopic (exact) mass is 242 g/mol. The third-order valence-corrected chi connectivity index (χ3v) is 7.41. The molecule has 0 rings (SSSR count). The quantitative estimate of drug-likeness (QED) is 0.526. The second-order valence-electron chi connectivity index (χ2n) is 5.33. The average Bonchev–Trinajstić information content (AvgIpc) is 1.94. The molecule has 0 spiro atoms. The Hall–Kier alpha value is -0.0331. The minimum absolute atomic E-state index is 0.0607. The fraction of sp³-hybridized carbons (Fsp3) is 1.00. The van der Waals surface area contributed by atoms with Crippen LogP contribution >= 0.6 is 0 Å². The summed E-state index contributed by atoms with van der Waals surface area (Å²) < 4.78 is 41.2. The molecule has 15 heavy (non-hydrogen) atoms. The molecule has 0 amide bonds. The third kappa shape index (κ3) is 6.20. The Balaban J connectivity index is 3.87. The van der Waals surface area contributed by atoms with Crippen LogP contribution in [0.25, 0.3) is 0 Å². The molecule has 1 nitrogen and oxygen atoms in total. The van der Waals surface area contributed by atoms with Crippen molar-refractivity contribution in [1.82, 2.24) is 0 Å². The van der Waals surface area contributed by atoms with Crippen LogP contribution in [0.2, 0.25) is 18.1 Å². The third-order valence-electron chi connectivity index (χ3n) is 2.87. The van der Waals surface area contributed by atoms with E-state index < -0.39 is 20.9 Å². The molecular formula is C10H21F3OSi. The number of rotatable bonds is 4. The van der Waals surface area contributed by atoms with Crippen molar-refractivity contribution >= 4 is 8.32 Å². The molecule has 0 bridgehead atoms. The van der Waals surface area contributed by atoms with E-state index in [1.807, 2.05) is 13.1 Å².